The highest BCUT2D eigenvalue weighted by Crippen LogP contribution is 2.40. The topological polar surface area (TPSA) is 109 Å². The molecule has 162 valence electrons. The van der Waals surface area contributed by atoms with E-state index in [4.69, 9.17) is 9.47 Å². The van der Waals surface area contributed by atoms with Crippen LogP contribution in [0.5, 0.6) is 23.1 Å². The van der Waals surface area contributed by atoms with Crippen LogP contribution in [-0.4, -0.2) is 33.2 Å². The maximum absolute atomic E-state index is 12.7. The second kappa shape index (κ2) is 7.77. The van der Waals surface area contributed by atoms with Crippen LogP contribution < -0.4 is 14.3 Å². The summed E-state index contributed by atoms with van der Waals surface area (Å²) in [7, 11) is 0. The van der Waals surface area contributed by atoms with Gasteiger partial charge >= 0.3 is 4.87 Å². The molecule has 2 aromatic carbocycles. The van der Waals surface area contributed by atoms with Crippen LogP contribution in [0.2, 0.25) is 0 Å². The Morgan fingerprint density at radius 2 is 1.87 bits per heavy atom. The van der Waals surface area contributed by atoms with Gasteiger partial charge in [0.05, 0.1) is 16.9 Å². The van der Waals surface area contributed by atoms with Crippen molar-refractivity contribution in [2.24, 2.45) is 0 Å². The van der Waals surface area contributed by atoms with Gasteiger partial charge in [0, 0.05) is 6.42 Å². The number of aromatic hydroxyl groups is 2. The molecule has 8 heteroatoms. The Morgan fingerprint density at radius 1 is 1.16 bits per heavy atom. The molecule has 1 aliphatic rings. The number of fused-ring (bicyclic) bond motifs is 1. The van der Waals surface area contributed by atoms with E-state index in [0.29, 0.717) is 33.9 Å². The summed E-state index contributed by atoms with van der Waals surface area (Å²) in [4.78, 5) is 26.6. The molecule has 0 saturated carbocycles. The SMILES string of the molecule is Cc1c(O)cc2c(c1C)OC(C)(COc1ccc(Cc3sc(=O)[nH]c3O)cc1)CC2=O. The monoisotopic (exact) mass is 441 g/mol. The van der Waals surface area contributed by atoms with Crippen LogP contribution in [0.15, 0.2) is 35.1 Å². The van der Waals surface area contributed by atoms with E-state index >= 15 is 0 Å². The molecule has 0 spiro atoms. The van der Waals surface area contributed by atoms with Crippen molar-refractivity contribution in [1.82, 2.24) is 4.98 Å². The largest absolute Gasteiger partial charge is 0.508 e. The molecule has 1 aliphatic heterocycles. The number of phenols is 1. The Morgan fingerprint density at radius 3 is 2.52 bits per heavy atom. The molecule has 4 rings (SSSR count). The number of carbonyl (C=O) groups excluding carboxylic acids is 1. The van der Waals surface area contributed by atoms with Gasteiger partial charge in [0.2, 0.25) is 5.88 Å². The zero-order chi connectivity index (χ0) is 22.3. The van der Waals surface area contributed by atoms with Gasteiger partial charge in [-0.15, -0.1) is 0 Å². The highest BCUT2D eigenvalue weighted by atomic mass is 32.1. The van der Waals surface area contributed by atoms with Gasteiger partial charge in [0.1, 0.15) is 29.5 Å². The van der Waals surface area contributed by atoms with Gasteiger partial charge in [-0.25, -0.2) is 0 Å². The van der Waals surface area contributed by atoms with Crippen molar-refractivity contribution in [3.05, 3.63) is 67.1 Å². The summed E-state index contributed by atoms with van der Waals surface area (Å²) in [5.74, 6) is 1.02. The van der Waals surface area contributed by atoms with Crippen LogP contribution in [-0.2, 0) is 6.42 Å². The summed E-state index contributed by atoms with van der Waals surface area (Å²) in [6.07, 6.45) is 0.582. The summed E-state index contributed by atoms with van der Waals surface area (Å²) < 4.78 is 12.1. The lowest BCUT2D eigenvalue weighted by Gasteiger charge is -2.35. The van der Waals surface area contributed by atoms with E-state index < -0.39 is 5.60 Å². The molecule has 3 N–H and O–H groups in total. The molecular weight excluding hydrogens is 418 g/mol. The zero-order valence-electron chi connectivity index (χ0n) is 17.4. The number of nitrogens with one attached hydrogen (secondary N) is 1. The van der Waals surface area contributed by atoms with Crippen LogP contribution >= 0.6 is 11.3 Å². The average molecular weight is 442 g/mol. The minimum absolute atomic E-state index is 0.0911. The number of aromatic nitrogens is 1. The highest BCUT2D eigenvalue weighted by molar-refractivity contribution is 7.09. The van der Waals surface area contributed by atoms with E-state index in [0.717, 1.165) is 22.5 Å². The standard InChI is InChI=1S/C23H23NO6S/c1-12-13(2)20-16(9-17(12)25)18(26)10-23(3,30-20)11-29-15-6-4-14(5-7-15)8-19-21(27)24-22(28)31-19/h4-7,9,25,27H,8,10-11H2,1-3H3,(H,24,28). The smallest absolute Gasteiger partial charge is 0.307 e. The second-order valence-electron chi connectivity index (χ2n) is 8.07. The van der Waals surface area contributed by atoms with E-state index in [9.17, 15) is 19.8 Å². The predicted octanol–water partition coefficient (Wildman–Crippen LogP) is 3.86. The first-order chi connectivity index (χ1) is 14.6. The second-order valence-corrected chi connectivity index (χ2v) is 9.14. The van der Waals surface area contributed by atoms with E-state index in [1.807, 2.05) is 26.0 Å². The van der Waals surface area contributed by atoms with E-state index in [2.05, 4.69) is 4.98 Å². The molecule has 2 heterocycles. The zero-order valence-corrected chi connectivity index (χ0v) is 18.3. The predicted molar refractivity (Wildman–Crippen MR) is 117 cm³/mol. The van der Waals surface area contributed by atoms with Gasteiger partial charge in [-0.05, 0) is 55.7 Å². The van der Waals surface area contributed by atoms with Crippen molar-refractivity contribution < 1.29 is 24.5 Å². The van der Waals surface area contributed by atoms with Gasteiger partial charge in [-0.3, -0.25) is 14.6 Å². The quantitative estimate of drug-likeness (QED) is 0.555. The normalized spacial score (nSPS) is 17.8. The number of H-pyrrole nitrogens is 1. The fourth-order valence-corrected chi connectivity index (χ4v) is 4.37. The third-order valence-corrected chi connectivity index (χ3v) is 6.40. The lowest BCUT2D eigenvalue weighted by molar-refractivity contribution is 0.0183. The van der Waals surface area contributed by atoms with Gasteiger partial charge in [0.15, 0.2) is 5.78 Å². The van der Waals surface area contributed by atoms with Crippen molar-refractivity contribution >= 4 is 17.1 Å². The number of ketones is 1. The summed E-state index contributed by atoms with van der Waals surface area (Å²) in [6.45, 7) is 5.62. The molecule has 0 fully saturated rings. The number of phenolic OH excluding ortho intramolecular Hbond substituents is 1. The van der Waals surface area contributed by atoms with Crippen molar-refractivity contribution in [1.29, 1.82) is 0 Å². The number of aromatic amines is 1. The Bertz CT molecular complexity index is 1210. The first-order valence-corrected chi connectivity index (χ1v) is 10.6. The van der Waals surface area contributed by atoms with Crippen molar-refractivity contribution in [3.63, 3.8) is 0 Å². The van der Waals surface area contributed by atoms with Gasteiger partial charge in [-0.2, -0.15) is 0 Å². The van der Waals surface area contributed by atoms with Crippen LogP contribution in [0.4, 0.5) is 0 Å². The van der Waals surface area contributed by atoms with E-state index in [-0.39, 0.29) is 35.3 Å². The number of hydrogen-bond acceptors (Lipinski definition) is 7. The number of ether oxygens (including phenoxy) is 2. The maximum Gasteiger partial charge on any atom is 0.307 e. The fourth-order valence-electron chi connectivity index (χ4n) is 3.61. The molecule has 1 aromatic heterocycles. The van der Waals surface area contributed by atoms with E-state index in [1.54, 1.807) is 19.1 Å². The number of benzene rings is 2. The lowest BCUT2D eigenvalue weighted by Crippen LogP contribution is -2.44. The van der Waals surface area contributed by atoms with E-state index in [1.165, 1.54) is 6.07 Å². The first-order valence-electron chi connectivity index (χ1n) is 9.83. The molecule has 0 aliphatic carbocycles. The third-order valence-electron chi connectivity index (χ3n) is 5.53. The summed E-state index contributed by atoms with van der Waals surface area (Å²) >= 11 is 0.983. The Labute approximate surface area is 182 Å². The number of carbonyl (C=O) groups is 1. The lowest BCUT2D eigenvalue weighted by atomic mass is 9.89. The first kappa shape index (κ1) is 21.0. The summed E-state index contributed by atoms with van der Waals surface area (Å²) in [6, 6.07) is 8.80. The fraction of sp³-hybridized carbons (Fsp3) is 0.304. The molecule has 1 unspecified atom stereocenters. The van der Waals surface area contributed by atoms with Crippen LogP contribution in [0.25, 0.3) is 0 Å². The highest BCUT2D eigenvalue weighted by Gasteiger charge is 2.39. The van der Waals surface area contributed by atoms with Crippen LogP contribution in [0.1, 0.15) is 45.3 Å². The molecule has 3 aromatic rings. The van der Waals surface area contributed by atoms with Crippen molar-refractivity contribution in [2.75, 3.05) is 6.61 Å². The van der Waals surface area contributed by atoms with Crippen LogP contribution in [0.3, 0.4) is 0 Å². The average Bonchev–Trinajstić information content (AvgIpc) is 3.04. The van der Waals surface area contributed by atoms with Gasteiger partial charge in [0.25, 0.3) is 0 Å². The minimum Gasteiger partial charge on any atom is -0.508 e. The number of thiazole rings is 1. The third kappa shape index (κ3) is 4.16. The van der Waals surface area contributed by atoms with Crippen molar-refractivity contribution in [3.8, 4) is 23.1 Å². The molecule has 0 bridgehead atoms. The van der Waals surface area contributed by atoms with Gasteiger partial charge < -0.3 is 19.7 Å². The molecule has 0 amide bonds. The molecule has 31 heavy (non-hydrogen) atoms. The molecule has 1 atom stereocenters. The number of hydrogen-bond donors (Lipinski definition) is 3. The van der Waals surface area contributed by atoms with Crippen molar-refractivity contribution in [2.45, 2.75) is 39.2 Å². The Balaban J connectivity index is 1.45. The molecule has 0 radical (unpaired) electrons. The molecule has 7 nitrogen and oxygen atoms in total. The Hall–Kier alpha value is -3.26. The minimum atomic E-state index is -0.833. The van der Waals surface area contributed by atoms with Gasteiger partial charge in [-0.1, -0.05) is 23.5 Å². The Kier molecular flexibility index (Phi) is 5.26. The summed E-state index contributed by atoms with van der Waals surface area (Å²) in [5.41, 5.74) is 1.92. The maximum atomic E-state index is 12.7. The molecular formula is C23H23NO6S. The molecule has 0 saturated heterocycles. The summed E-state index contributed by atoms with van der Waals surface area (Å²) in [5, 5.41) is 19.7. The number of rotatable bonds is 5. The number of Topliss-reactive ketones (excluding diaryl/α,β-unsaturated/α-hetero) is 1. The van der Waals surface area contributed by atoms with Crippen LogP contribution in [0, 0.1) is 13.8 Å².